The average molecular weight is 372 g/mol. The Morgan fingerprint density at radius 2 is 1.78 bits per heavy atom. The van der Waals surface area contributed by atoms with Gasteiger partial charge in [0.2, 0.25) is 0 Å². The van der Waals surface area contributed by atoms with Gasteiger partial charge in [-0.1, -0.05) is 31.5 Å². The number of H-pyrrole nitrogens is 1. The van der Waals surface area contributed by atoms with E-state index < -0.39 is 23.5 Å². The number of carbonyl (C=O) groups is 3. The summed E-state index contributed by atoms with van der Waals surface area (Å²) in [6.45, 7) is 2.01. The molecule has 2 rings (SSSR count). The van der Waals surface area contributed by atoms with E-state index in [9.17, 15) is 19.5 Å². The molecule has 1 aromatic carbocycles. The van der Waals surface area contributed by atoms with Crippen molar-refractivity contribution in [3.05, 3.63) is 58.2 Å². The van der Waals surface area contributed by atoms with Gasteiger partial charge in [-0.2, -0.15) is 0 Å². The number of nitrogens with zero attached hydrogens (tertiary/aromatic N) is 1. The van der Waals surface area contributed by atoms with Crippen LogP contribution in [0.5, 0.6) is 0 Å². The third kappa shape index (κ3) is 5.04. The minimum absolute atomic E-state index is 0.119. The van der Waals surface area contributed by atoms with Crippen LogP contribution in [0.3, 0.4) is 0 Å². The predicted molar refractivity (Wildman–Crippen MR) is 96.7 cm³/mol. The van der Waals surface area contributed by atoms with E-state index in [0.29, 0.717) is 23.5 Å². The molecular formula is C19H20N2O6. The molecule has 0 spiro atoms. The fraction of sp³-hybridized carbons (Fsp3) is 0.263. The van der Waals surface area contributed by atoms with Crippen LogP contribution in [0.1, 0.15) is 52.9 Å². The number of carboxylic acids is 3. The Labute approximate surface area is 155 Å². The molecule has 4 N–H and O–H groups in total. The summed E-state index contributed by atoms with van der Waals surface area (Å²) in [4.78, 5) is 41.1. The fourth-order valence-electron chi connectivity index (χ4n) is 2.62. The number of aliphatic carboxylic acids is 2. The Kier molecular flexibility index (Phi) is 6.48. The normalized spacial score (nSPS) is 10.4. The van der Waals surface area contributed by atoms with Gasteiger partial charge in [-0.3, -0.25) is 0 Å². The maximum atomic E-state index is 11.4. The first-order valence-corrected chi connectivity index (χ1v) is 8.40. The SMILES string of the molecule is CCCCc1nc(C=C(C(=O)O)C(=O)O)c(Cc2ccccc2C(=O)O)[nH]1. The molecule has 142 valence electrons. The number of aryl methyl sites for hydroxylation is 1. The number of aromatic carboxylic acids is 1. The molecule has 0 atom stereocenters. The topological polar surface area (TPSA) is 141 Å². The van der Waals surface area contributed by atoms with Crippen molar-refractivity contribution in [3.63, 3.8) is 0 Å². The number of imidazole rings is 1. The van der Waals surface area contributed by atoms with E-state index in [0.717, 1.165) is 18.9 Å². The maximum Gasteiger partial charge on any atom is 0.343 e. The van der Waals surface area contributed by atoms with Crippen molar-refractivity contribution in [2.75, 3.05) is 0 Å². The zero-order chi connectivity index (χ0) is 20.0. The Hall–Kier alpha value is -3.42. The number of hydrogen-bond donors (Lipinski definition) is 4. The van der Waals surface area contributed by atoms with Crippen molar-refractivity contribution < 1.29 is 29.7 Å². The van der Waals surface area contributed by atoms with Crippen LogP contribution in [0.25, 0.3) is 6.08 Å². The highest BCUT2D eigenvalue weighted by molar-refractivity contribution is 6.16. The van der Waals surface area contributed by atoms with Gasteiger partial charge in [-0.05, 0) is 24.1 Å². The second-order valence-electron chi connectivity index (χ2n) is 5.96. The number of carboxylic acid groups (broad SMARTS) is 3. The highest BCUT2D eigenvalue weighted by Gasteiger charge is 2.20. The minimum atomic E-state index is -1.57. The summed E-state index contributed by atoms with van der Waals surface area (Å²) in [7, 11) is 0. The number of aromatic amines is 1. The third-order valence-electron chi connectivity index (χ3n) is 3.98. The van der Waals surface area contributed by atoms with Crippen LogP contribution in [0.4, 0.5) is 0 Å². The maximum absolute atomic E-state index is 11.4. The number of rotatable bonds is 9. The quantitative estimate of drug-likeness (QED) is 0.301. The fourth-order valence-corrected chi connectivity index (χ4v) is 2.62. The molecule has 0 aliphatic carbocycles. The molecule has 0 bridgehead atoms. The van der Waals surface area contributed by atoms with Crippen LogP contribution in [-0.4, -0.2) is 43.2 Å². The Bertz CT molecular complexity index is 881. The van der Waals surface area contributed by atoms with E-state index >= 15 is 0 Å². The number of nitrogens with one attached hydrogen (secondary N) is 1. The summed E-state index contributed by atoms with van der Waals surface area (Å²) in [5, 5.41) is 27.5. The molecule has 0 fully saturated rings. The number of hydrogen-bond acceptors (Lipinski definition) is 4. The van der Waals surface area contributed by atoms with E-state index in [1.54, 1.807) is 18.2 Å². The molecule has 1 aromatic heterocycles. The lowest BCUT2D eigenvalue weighted by molar-refractivity contribution is -0.140. The lowest BCUT2D eigenvalue weighted by Crippen LogP contribution is -2.11. The summed E-state index contributed by atoms with van der Waals surface area (Å²) in [6, 6.07) is 6.44. The second-order valence-corrected chi connectivity index (χ2v) is 5.96. The zero-order valence-corrected chi connectivity index (χ0v) is 14.7. The lowest BCUT2D eigenvalue weighted by atomic mass is 10.0. The highest BCUT2D eigenvalue weighted by atomic mass is 16.4. The molecule has 0 saturated heterocycles. The van der Waals surface area contributed by atoms with Gasteiger partial charge in [-0.25, -0.2) is 19.4 Å². The van der Waals surface area contributed by atoms with Crippen LogP contribution in [0, 0.1) is 0 Å². The van der Waals surface area contributed by atoms with Crippen LogP contribution in [0.15, 0.2) is 29.8 Å². The second kappa shape index (κ2) is 8.79. The van der Waals surface area contributed by atoms with Crippen LogP contribution >= 0.6 is 0 Å². The number of benzene rings is 1. The van der Waals surface area contributed by atoms with Gasteiger partial charge < -0.3 is 20.3 Å². The third-order valence-corrected chi connectivity index (χ3v) is 3.98. The highest BCUT2D eigenvalue weighted by Crippen LogP contribution is 2.19. The Morgan fingerprint density at radius 3 is 2.37 bits per heavy atom. The lowest BCUT2D eigenvalue weighted by Gasteiger charge is -2.05. The van der Waals surface area contributed by atoms with Crippen molar-refractivity contribution >= 4 is 24.0 Å². The van der Waals surface area contributed by atoms with Crippen LogP contribution < -0.4 is 0 Å². The van der Waals surface area contributed by atoms with E-state index in [1.807, 2.05) is 6.92 Å². The molecule has 2 aromatic rings. The smallest absolute Gasteiger partial charge is 0.343 e. The monoisotopic (exact) mass is 372 g/mol. The molecule has 8 nitrogen and oxygen atoms in total. The summed E-state index contributed by atoms with van der Waals surface area (Å²) < 4.78 is 0. The molecule has 0 aliphatic heterocycles. The van der Waals surface area contributed by atoms with Crippen LogP contribution in [0.2, 0.25) is 0 Å². The van der Waals surface area contributed by atoms with E-state index in [1.165, 1.54) is 6.07 Å². The largest absolute Gasteiger partial charge is 0.478 e. The molecule has 0 aliphatic rings. The molecule has 1 heterocycles. The first-order valence-electron chi connectivity index (χ1n) is 8.40. The van der Waals surface area contributed by atoms with Crippen molar-refractivity contribution in [3.8, 4) is 0 Å². The minimum Gasteiger partial charge on any atom is -0.478 e. The molecular weight excluding hydrogens is 352 g/mol. The molecule has 0 radical (unpaired) electrons. The predicted octanol–water partition coefficient (Wildman–Crippen LogP) is 2.59. The van der Waals surface area contributed by atoms with Gasteiger partial charge in [0.1, 0.15) is 11.4 Å². The molecule has 0 amide bonds. The summed E-state index contributed by atoms with van der Waals surface area (Å²) in [5.74, 6) is -3.62. The van der Waals surface area contributed by atoms with Gasteiger partial charge in [0.15, 0.2) is 0 Å². The Morgan fingerprint density at radius 1 is 1.11 bits per heavy atom. The molecule has 8 heteroatoms. The standard InChI is InChI=1S/C19H20N2O6/c1-2-3-8-16-20-14(9-11-6-4-5-7-12(11)17(22)23)15(21-16)10-13(18(24)25)19(26)27/h4-7,10H,2-3,8-9H2,1H3,(H,20,21)(H,22,23)(H,24,25)(H,26,27). The van der Waals surface area contributed by atoms with Gasteiger partial charge in [0, 0.05) is 18.5 Å². The van der Waals surface area contributed by atoms with Crippen molar-refractivity contribution in [1.29, 1.82) is 0 Å². The Balaban J connectivity index is 2.50. The molecule has 0 unspecified atom stereocenters. The van der Waals surface area contributed by atoms with Gasteiger partial charge >= 0.3 is 17.9 Å². The number of unbranched alkanes of at least 4 members (excludes halogenated alkanes) is 1. The summed E-state index contributed by atoms with van der Waals surface area (Å²) in [5.41, 5.74) is 0.471. The van der Waals surface area contributed by atoms with Crippen molar-refractivity contribution in [2.24, 2.45) is 0 Å². The molecule has 27 heavy (non-hydrogen) atoms. The number of aromatic nitrogens is 2. The first-order chi connectivity index (χ1) is 12.8. The molecule has 0 saturated carbocycles. The van der Waals surface area contributed by atoms with Crippen molar-refractivity contribution in [1.82, 2.24) is 9.97 Å². The van der Waals surface area contributed by atoms with Gasteiger partial charge in [0.05, 0.1) is 11.3 Å². The van der Waals surface area contributed by atoms with Crippen LogP contribution in [-0.2, 0) is 22.4 Å². The van der Waals surface area contributed by atoms with E-state index in [4.69, 9.17) is 10.2 Å². The van der Waals surface area contributed by atoms with E-state index in [2.05, 4.69) is 9.97 Å². The zero-order valence-electron chi connectivity index (χ0n) is 14.7. The first kappa shape index (κ1) is 19.9. The van der Waals surface area contributed by atoms with E-state index in [-0.39, 0.29) is 17.7 Å². The summed E-state index contributed by atoms with van der Waals surface area (Å²) >= 11 is 0. The summed E-state index contributed by atoms with van der Waals surface area (Å²) in [6.07, 6.45) is 3.55. The average Bonchev–Trinajstić information content (AvgIpc) is 2.99. The van der Waals surface area contributed by atoms with Crippen molar-refractivity contribution in [2.45, 2.75) is 32.6 Å². The van der Waals surface area contributed by atoms with Gasteiger partial charge in [0.25, 0.3) is 0 Å². The van der Waals surface area contributed by atoms with Gasteiger partial charge in [-0.15, -0.1) is 0 Å².